The van der Waals surface area contributed by atoms with Crippen LogP contribution in [0.2, 0.25) is 0 Å². The Morgan fingerprint density at radius 2 is 1.96 bits per heavy atom. The molecule has 0 bridgehead atoms. The molecule has 0 saturated heterocycles. The molecule has 6 nitrogen and oxygen atoms in total. The Labute approximate surface area is 162 Å². The van der Waals surface area contributed by atoms with E-state index in [0.29, 0.717) is 10.8 Å². The number of hydrogen-bond donors (Lipinski definition) is 1. The van der Waals surface area contributed by atoms with E-state index >= 15 is 0 Å². The van der Waals surface area contributed by atoms with Crippen molar-refractivity contribution < 1.29 is 19.1 Å². The molecule has 0 atom stereocenters. The normalized spacial score (nSPS) is 10.4. The quantitative estimate of drug-likeness (QED) is 0.521. The zero-order valence-corrected chi connectivity index (χ0v) is 16.1. The molecule has 27 heavy (non-hydrogen) atoms. The highest BCUT2D eigenvalue weighted by molar-refractivity contribution is 7.14. The lowest BCUT2D eigenvalue weighted by Gasteiger charge is -2.04. The van der Waals surface area contributed by atoms with Crippen molar-refractivity contribution in [2.24, 2.45) is 0 Å². The van der Waals surface area contributed by atoms with E-state index < -0.39 is 6.09 Å². The number of allylic oxidation sites excluding steroid dienone is 1. The van der Waals surface area contributed by atoms with Gasteiger partial charge in [-0.2, -0.15) is 0 Å². The molecule has 0 aliphatic rings. The zero-order valence-electron chi connectivity index (χ0n) is 15.3. The first kappa shape index (κ1) is 20.4. The van der Waals surface area contributed by atoms with E-state index in [4.69, 9.17) is 9.47 Å². The third kappa shape index (κ3) is 8.33. The highest BCUT2D eigenvalue weighted by atomic mass is 32.1. The van der Waals surface area contributed by atoms with Crippen molar-refractivity contribution in [2.75, 3.05) is 11.9 Å². The second kappa shape index (κ2) is 10.9. The number of nitrogens with zero attached hydrogens (tertiary/aromatic N) is 1. The van der Waals surface area contributed by atoms with Gasteiger partial charge in [-0.1, -0.05) is 42.0 Å². The molecule has 1 N–H and O–H groups in total. The predicted octanol–water partition coefficient (Wildman–Crippen LogP) is 4.80. The van der Waals surface area contributed by atoms with Gasteiger partial charge in [0.25, 0.3) is 0 Å². The largest absolute Gasteiger partial charge is 0.461 e. The Kier molecular flexibility index (Phi) is 8.25. The van der Waals surface area contributed by atoms with Crippen molar-refractivity contribution in [2.45, 2.75) is 26.9 Å². The maximum atomic E-state index is 11.8. The Morgan fingerprint density at radius 1 is 1.19 bits per heavy atom. The molecule has 0 aliphatic heterocycles. The number of carbonyl (C=O) groups is 2. The SMILES string of the molecule is CC(C)=CCOC(=O)C/C=C\c1csc(NC(=O)OCc2ccccc2)n1. The summed E-state index contributed by atoms with van der Waals surface area (Å²) in [5.74, 6) is -0.304. The number of esters is 1. The number of ether oxygens (including phenoxy) is 2. The molecular weight excluding hydrogens is 364 g/mol. The summed E-state index contributed by atoms with van der Waals surface area (Å²) in [6.45, 7) is 4.36. The molecule has 0 spiro atoms. The van der Waals surface area contributed by atoms with E-state index in [1.54, 1.807) is 17.5 Å². The average Bonchev–Trinajstić information content (AvgIpc) is 3.08. The number of carbonyl (C=O) groups excluding carboxylic acids is 2. The third-order valence-electron chi connectivity index (χ3n) is 3.25. The standard InChI is InChI=1S/C20H22N2O4S/c1-15(2)11-12-25-18(23)10-6-9-17-14-27-19(21-17)22-20(24)26-13-16-7-4-3-5-8-16/h3-9,11,14H,10,12-13H2,1-2H3,(H,21,22,24)/b9-6-. The molecular formula is C20H22N2O4S. The number of aromatic nitrogens is 1. The topological polar surface area (TPSA) is 77.5 Å². The van der Waals surface area contributed by atoms with Crippen LogP contribution < -0.4 is 5.32 Å². The minimum Gasteiger partial charge on any atom is -0.461 e. The molecule has 7 heteroatoms. The summed E-state index contributed by atoms with van der Waals surface area (Å²) >= 11 is 1.28. The Morgan fingerprint density at radius 3 is 2.70 bits per heavy atom. The fraction of sp³-hybridized carbons (Fsp3) is 0.250. The van der Waals surface area contributed by atoms with E-state index in [-0.39, 0.29) is 25.6 Å². The van der Waals surface area contributed by atoms with Gasteiger partial charge in [0.2, 0.25) is 0 Å². The van der Waals surface area contributed by atoms with Gasteiger partial charge in [-0.25, -0.2) is 9.78 Å². The van der Waals surface area contributed by atoms with Crippen LogP contribution in [0, 0.1) is 0 Å². The molecule has 0 aliphatic carbocycles. The summed E-state index contributed by atoms with van der Waals surface area (Å²) in [5.41, 5.74) is 2.66. The minimum atomic E-state index is -0.563. The minimum absolute atomic E-state index is 0.163. The van der Waals surface area contributed by atoms with E-state index in [9.17, 15) is 9.59 Å². The van der Waals surface area contributed by atoms with Crippen molar-refractivity contribution in [1.29, 1.82) is 0 Å². The van der Waals surface area contributed by atoms with Gasteiger partial charge < -0.3 is 9.47 Å². The molecule has 0 saturated carbocycles. The number of amides is 1. The summed E-state index contributed by atoms with van der Waals surface area (Å²) < 4.78 is 10.2. The van der Waals surface area contributed by atoms with Crippen LogP contribution in [0.3, 0.4) is 0 Å². The summed E-state index contributed by atoms with van der Waals surface area (Å²) in [7, 11) is 0. The Bertz CT molecular complexity index is 808. The predicted molar refractivity (Wildman–Crippen MR) is 106 cm³/mol. The summed E-state index contributed by atoms with van der Waals surface area (Å²) in [6, 6.07) is 9.42. The molecule has 0 radical (unpaired) electrons. The summed E-state index contributed by atoms with van der Waals surface area (Å²) in [5, 5.41) is 4.79. The van der Waals surface area contributed by atoms with Gasteiger partial charge >= 0.3 is 12.1 Å². The van der Waals surface area contributed by atoms with Crippen molar-refractivity contribution in [3.8, 4) is 0 Å². The fourth-order valence-electron chi connectivity index (χ4n) is 1.90. The highest BCUT2D eigenvalue weighted by Crippen LogP contribution is 2.17. The number of rotatable bonds is 8. The first-order valence-corrected chi connectivity index (χ1v) is 9.29. The first-order valence-electron chi connectivity index (χ1n) is 8.41. The monoisotopic (exact) mass is 386 g/mol. The van der Waals surface area contributed by atoms with E-state index in [0.717, 1.165) is 11.1 Å². The molecule has 1 aromatic heterocycles. The second-order valence-electron chi connectivity index (χ2n) is 5.84. The number of nitrogens with one attached hydrogen (secondary N) is 1. The van der Waals surface area contributed by atoms with E-state index in [1.807, 2.05) is 50.3 Å². The van der Waals surface area contributed by atoms with Crippen LogP contribution in [0.15, 0.2) is 53.4 Å². The maximum absolute atomic E-state index is 11.8. The Balaban J connectivity index is 1.73. The molecule has 1 heterocycles. The van der Waals surface area contributed by atoms with Gasteiger partial charge in [0.05, 0.1) is 12.1 Å². The van der Waals surface area contributed by atoms with Gasteiger partial charge in [-0.05, 0) is 31.6 Å². The van der Waals surface area contributed by atoms with Crippen LogP contribution in [0.25, 0.3) is 6.08 Å². The van der Waals surface area contributed by atoms with Crippen molar-refractivity contribution in [3.05, 3.63) is 64.7 Å². The number of benzene rings is 1. The summed E-state index contributed by atoms with van der Waals surface area (Å²) in [4.78, 5) is 27.6. The molecule has 142 valence electrons. The van der Waals surface area contributed by atoms with Crippen molar-refractivity contribution >= 4 is 34.6 Å². The van der Waals surface area contributed by atoms with Crippen molar-refractivity contribution in [3.63, 3.8) is 0 Å². The molecule has 1 aromatic carbocycles. The lowest BCUT2D eigenvalue weighted by molar-refractivity contribution is -0.141. The number of anilines is 1. The average molecular weight is 386 g/mol. The second-order valence-corrected chi connectivity index (χ2v) is 6.69. The van der Waals surface area contributed by atoms with Gasteiger partial charge in [0.1, 0.15) is 13.2 Å². The van der Waals surface area contributed by atoms with Crippen LogP contribution in [0.5, 0.6) is 0 Å². The van der Waals surface area contributed by atoms with Gasteiger partial charge in [-0.3, -0.25) is 10.1 Å². The maximum Gasteiger partial charge on any atom is 0.413 e. The molecule has 1 amide bonds. The lowest BCUT2D eigenvalue weighted by atomic mass is 10.2. The zero-order chi connectivity index (χ0) is 19.5. The molecule has 0 unspecified atom stereocenters. The fourth-order valence-corrected chi connectivity index (χ4v) is 2.57. The highest BCUT2D eigenvalue weighted by Gasteiger charge is 2.07. The Hall–Kier alpha value is -2.93. The molecule has 2 aromatic rings. The van der Waals surface area contributed by atoms with Crippen LogP contribution in [0.1, 0.15) is 31.5 Å². The van der Waals surface area contributed by atoms with Gasteiger partial charge in [-0.15, -0.1) is 11.3 Å². The van der Waals surface area contributed by atoms with E-state index in [1.165, 1.54) is 11.3 Å². The summed E-state index contributed by atoms with van der Waals surface area (Å²) in [6.07, 6.45) is 4.83. The molecule has 2 rings (SSSR count). The van der Waals surface area contributed by atoms with Crippen molar-refractivity contribution in [1.82, 2.24) is 4.98 Å². The first-order chi connectivity index (χ1) is 13.0. The number of hydrogen-bond acceptors (Lipinski definition) is 6. The third-order valence-corrected chi connectivity index (χ3v) is 4.03. The van der Waals surface area contributed by atoms with Crippen LogP contribution in [0.4, 0.5) is 9.93 Å². The van der Waals surface area contributed by atoms with Crippen LogP contribution in [-0.2, 0) is 20.9 Å². The van der Waals surface area contributed by atoms with E-state index in [2.05, 4.69) is 10.3 Å². The van der Waals surface area contributed by atoms with Crippen LogP contribution >= 0.6 is 11.3 Å². The lowest BCUT2D eigenvalue weighted by Crippen LogP contribution is -2.13. The van der Waals surface area contributed by atoms with Crippen LogP contribution in [-0.4, -0.2) is 23.7 Å². The van der Waals surface area contributed by atoms with Gasteiger partial charge in [0, 0.05) is 5.38 Å². The van der Waals surface area contributed by atoms with Gasteiger partial charge in [0.15, 0.2) is 5.13 Å². The number of thiazole rings is 1. The smallest absolute Gasteiger partial charge is 0.413 e. The molecule has 0 fully saturated rings.